The molecule has 7 heteroatoms. The Bertz CT molecular complexity index is 622. The van der Waals surface area contributed by atoms with Gasteiger partial charge in [0.1, 0.15) is 0 Å². The Morgan fingerprint density at radius 2 is 1.90 bits per heavy atom. The molecular weight excluding hydrogens is 282 g/mol. The average molecular weight is 299 g/mol. The number of aryl methyl sites for hydroxylation is 1. The Hall–Kier alpha value is -1.89. The maximum atomic E-state index is 11.7. The Morgan fingerprint density at radius 1 is 1.25 bits per heavy atom. The SMILES string of the molecule is Cc1ccc(S(C)(=O)=O)cc1NC(=O)CCCC(=O)O. The third kappa shape index (κ3) is 5.00. The molecule has 0 aliphatic rings. The number of hydrogen-bond acceptors (Lipinski definition) is 4. The number of benzene rings is 1. The van der Waals surface area contributed by atoms with Crippen LogP contribution in [0.25, 0.3) is 0 Å². The number of nitrogens with one attached hydrogen (secondary N) is 1. The number of carbonyl (C=O) groups excluding carboxylic acids is 1. The van der Waals surface area contributed by atoms with Crippen molar-refractivity contribution in [3.8, 4) is 0 Å². The van der Waals surface area contributed by atoms with Gasteiger partial charge in [-0.05, 0) is 31.0 Å². The molecule has 20 heavy (non-hydrogen) atoms. The normalized spacial score (nSPS) is 11.1. The lowest BCUT2D eigenvalue weighted by Gasteiger charge is -2.09. The van der Waals surface area contributed by atoms with E-state index in [0.717, 1.165) is 11.8 Å². The van der Waals surface area contributed by atoms with Crippen molar-refractivity contribution in [3.63, 3.8) is 0 Å². The van der Waals surface area contributed by atoms with E-state index in [4.69, 9.17) is 5.11 Å². The standard InChI is InChI=1S/C13H17NO5S/c1-9-6-7-10(20(2,18)19)8-11(9)14-12(15)4-3-5-13(16)17/h6-8H,3-5H2,1-2H3,(H,14,15)(H,16,17). The molecule has 0 aliphatic heterocycles. The minimum Gasteiger partial charge on any atom is -0.481 e. The second-order valence-corrected chi connectivity index (χ2v) is 6.56. The molecule has 0 heterocycles. The van der Waals surface area contributed by atoms with Crippen molar-refractivity contribution in [2.75, 3.05) is 11.6 Å². The zero-order valence-electron chi connectivity index (χ0n) is 11.3. The quantitative estimate of drug-likeness (QED) is 0.830. The number of carboxylic acid groups (broad SMARTS) is 1. The van der Waals surface area contributed by atoms with Gasteiger partial charge >= 0.3 is 5.97 Å². The van der Waals surface area contributed by atoms with Crippen LogP contribution in [-0.2, 0) is 19.4 Å². The fourth-order valence-electron chi connectivity index (χ4n) is 1.58. The third-order valence-corrected chi connectivity index (χ3v) is 3.82. The molecule has 0 saturated heterocycles. The van der Waals surface area contributed by atoms with Crippen LogP contribution in [0.5, 0.6) is 0 Å². The van der Waals surface area contributed by atoms with Gasteiger partial charge in [-0.25, -0.2) is 8.42 Å². The lowest BCUT2D eigenvalue weighted by atomic mass is 10.2. The van der Waals surface area contributed by atoms with E-state index >= 15 is 0 Å². The van der Waals surface area contributed by atoms with Gasteiger partial charge in [0.15, 0.2) is 9.84 Å². The number of amides is 1. The maximum absolute atomic E-state index is 11.7. The van der Waals surface area contributed by atoms with Crippen molar-refractivity contribution < 1.29 is 23.1 Å². The van der Waals surface area contributed by atoms with Crippen molar-refractivity contribution in [2.24, 2.45) is 0 Å². The van der Waals surface area contributed by atoms with Crippen LogP contribution in [0.4, 0.5) is 5.69 Å². The topological polar surface area (TPSA) is 101 Å². The van der Waals surface area contributed by atoms with Gasteiger partial charge in [-0.3, -0.25) is 9.59 Å². The summed E-state index contributed by atoms with van der Waals surface area (Å²) in [5, 5.41) is 11.1. The molecule has 0 bridgehead atoms. The molecule has 110 valence electrons. The molecule has 6 nitrogen and oxygen atoms in total. The summed E-state index contributed by atoms with van der Waals surface area (Å²) < 4.78 is 22.9. The highest BCUT2D eigenvalue weighted by molar-refractivity contribution is 7.90. The number of carboxylic acids is 1. The van der Waals surface area contributed by atoms with E-state index in [-0.39, 0.29) is 30.1 Å². The van der Waals surface area contributed by atoms with E-state index in [1.807, 2.05) is 0 Å². The first kappa shape index (κ1) is 16.2. The Labute approximate surface area is 117 Å². The zero-order valence-corrected chi connectivity index (χ0v) is 12.2. The van der Waals surface area contributed by atoms with Crippen LogP contribution in [0, 0.1) is 6.92 Å². The first-order valence-corrected chi connectivity index (χ1v) is 7.91. The number of aliphatic carboxylic acids is 1. The van der Waals surface area contributed by atoms with Crippen LogP contribution < -0.4 is 5.32 Å². The summed E-state index contributed by atoms with van der Waals surface area (Å²) in [5.41, 5.74) is 1.16. The van der Waals surface area contributed by atoms with Crippen molar-refractivity contribution in [1.29, 1.82) is 0 Å². The minimum atomic E-state index is -3.34. The van der Waals surface area contributed by atoms with Gasteiger partial charge in [-0.15, -0.1) is 0 Å². The van der Waals surface area contributed by atoms with Gasteiger partial charge in [0.05, 0.1) is 4.90 Å². The predicted molar refractivity (Wildman–Crippen MR) is 74.4 cm³/mol. The monoisotopic (exact) mass is 299 g/mol. The Kier molecular flexibility index (Phi) is 5.26. The number of rotatable bonds is 6. The van der Waals surface area contributed by atoms with Crippen LogP contribution in [0.3, 0.4) is 0 Å². The number of anilines is 1. The van der Waals surface area contributed by atoms with Crippen LogP contribution in [0.2, 0.25) is 0 Å². The fraction of sp³-hybridized carbons (Fsp3) is 0.385. The lowest BCUT2D eigenvalue weighted by molar-refractivity contribution is -0.137. The highest BCUT2D eigenvalue weighted by Gasteiger charge is 2.11. The van der Waals surface area contributed by atoms with Gasteiger partial charge in [-0.2, -0.15) is 0 Å². The summed E-state index contributed by atoms with van der Waals surface area (Å²) >= 11 is 0. The first-order valence-electron chi connectivity index (χ1n) is 6.02. The highest BCUT2D eigenvalue weighted by atomic mass is 32.2. The highest BCUT2D eigenvalue weighted by Crippen LogP contribution is 2.20. The Morgan fingerprint density at radius 3 is 2.45 bits per heavy atom. The summed E-state index contributed by atoms with van der Waals surface area (Å²) in [5.74, 6) is -1.28. The van der Waals surface area contributed by atoms with Crippen LogP contribution in [0.15, 0.2) is 23.1 Å². The summed E-state index contributed by atoms with van der Waals surface area (Å²) in [7, 11) is -3.34. The maximum Gasteiger partial charge on any atom is 0.303 e. The summed E-state index contributed by atoms with van der Waals surface area (Å²) in [6.45, 7) is 1.75. The van der Waals surface area contributed by atoms with Gasteiger partial charge in [-0.1, -0.05) is 6.07 Å². The van der Waals surface area contributed by atoms with Crippen LogP contribution in [0.1, 0.15) is 24.8 Å². The van der Waals surface area contributed by atoms with Gasteiger partial charge in [0.2, 0.25) is 5.91 Å². The van der Waals surface area contributed by atoms with Crippen LogP contribution in [-0.4, -0.2) is 31.7 Å². The molecule has 1 aromatic rings. The predicted octanol–water partition coefficient (Wildman–Crippen LogP) is 1.59. The minimum absolute atomic E-state index is 0.0736. The molecular formula is C13H17NO5S. The summed E-state index contributed by atoms with van der Waals surface area (Å²) in [6.07, 6.45) is 1.34. The molecule has 1 rings (SSSR count). The fourth-order valence-corrected chi connectivity index (χ4v) is 2.23. The van der Waals surface area contributed by atoms with E-state index in [2.05, 4.69) is 5.32 Å². The number of sulfone groups is 1. The van der Waals surface area contributed by atoms with E-state index in [9.17, 15) is 18.0 Å². The van der Waals surface area contributed by atoms with E-state index in [1.54, 1.807) is 13.0 Å². The molecule has 0 aromatic heterocycles. The third-order valence-electron chi connectivity index (χ3n) is 2.71. The largest absolute Gasteiger partial charge is 0.481 e. The number of hydrogen-bond donors (Lipinski definition) is 2. The lowest BCUT2D eigenvalue weighted by Crippen LogP contribution is -2.13. The van der Waals surface area contributed by atoms with E-state index in [1.165, 1.54) is 12.1 Å². The second-order valence-electron chi connectivity index (χ2n) is 4.54. The molecule has 2 N–H and O–H groups in total. The second kappa shape index (κ2) is 6.51. The molecule has 0 atom stereocenters. The average Bonchev–Trinajstić information content (AvgIpc) is 2.30. The first-order chi connectivity index (χ1) is 9.20. The summed E-state index contributed by atoms with van der Waals surface area (Å²) in [4.78, 5) is 22.1. The number of carbonyl (C=O) groups is 2. The van der Waals surface area contributed by atoms with Crippen molar-refractivity contribution in [3.05, 3.63) is 23.8 Å². The van der Waals surface area contributed by atoms with E-state index in [0.29, 0.717) is 5.69 Å². The Balaban J connectivity index is 2.77. The van der Waals surface area contributed by atoms with E-state index < -0.39 is 15.8 Å². The molecule has 0 saturated carbocycles. The molecule has 0 aliphatic carbocycles. The molecule has 0 radical (unpaired) electrons. The van der Waals surface area contributed by atoms with Crippen molar-refractivity contribution in [2.45, 2.75) is 31.1 Å². The van der Waals surface area contributed by atoms with Crippen molar-refractivity contribution >= 4 is 27.4 Å². The smallest absolute Gasteiger partial charge is 0.303 e. The zero-order chi connectivity index (χ0) is 15.3. The van der Waals surface area contributed by atoms with Gasteiger partial charge in [0, 0.05) is 24.8 Å². The summed E-state index contributed by atoms with van der Waals surface area (Å²) in [6, 6.07) is 4.49. The van der Waals surface area contributed by atoms with Gasteiger partial charge in [0.25, 0.3) is 0 Å². The van der Waals surface area contributed by atoms with Gasteiger partial charge < -0.3 is 10.4 Å². The molecule has 0 unspecified atom stereocenters. The molecule has 0 spiro atoms. The molecule has 1 amide bonds. The molecule has 1 aromatic carbocycles. The molecule has 0 fully saturated rings. The van der Waals surface area contributed by atoms with Crippen LogP contribution >= 0.6 is 0 Å². The van der Waals surface area contributed by atoms with Crippen molar-refractivity contribution in [1.82, 2.24) is 0 Å².